The van der Waals surface area contributed by atoms with Gasteiger partial charge < -0.3 is 43.4 Å². The predicted octanol–water partition coefficient (Wildman–Crippen LogP) is -3.11. The van der Waals surface area contributed by atoms with E-state index in [-0.39, 0.29) is 6.42 Å². The van der Waals surface area contributed by atoms with Gasteiger partial charge in [-0.3, -0.25) is 19.2 Å². The third-order valence-corrected chi connectivity index (χ3v) is 4.67. The first-order chi connectivity index (χ1) is 14.8. The molecule has 0 aromatic carbocycles. The maximum absolute atomic E-state index is 12.9. The molecule has 0 aromatic rings. The molecule has 11 N–H and O–H groups in total. The Morgan fingerprint density at radius 1 is 0.875 bits per heavy atom. The Morgan fingerprint density at radius 3 is 1.88 bits per heavy atom. The lowest BCUT2D eigenvalue weighted by atomic mass is 10.0. The molecule has 13 heteroatoms. The number of nitrogens with one attached hydrogen (secondary N) is 3. The van der Waals surface area contributed by atoms with Gasteiger partial charge in [0.25, 0.3) is 0 Å². The number of amides is 4. The van der Waals surface area contributed by atoms with Crippen molar-refractivity contribution >= 4 is 29.6 Å². The fourth-order valence-electron chi connectivity index (χ4n) is 2.70. The predicted molar refractivity (Wildman–Crippen MR) is 115 cm³/mol. The highest BCUT2D eigenvalue weighted by molar-refractivity contribution is 5.95. The highest BCUT2D eigenvalue weighted by Gasteiger charge is 2.32. The summed E-state index contributed by atoms with van der Waals surface area (Å²) >= 11 is 0. The minimum Gasteiger partial charge on any atom is -0.480 e. The minimum absolute atomic E-state index is 0.202. The number of carbonyl (C=O) groups is 5. The van der Waals surface area contributed by atoms with E-state index in [0.717, 1.165) is 0 Å². The molecule has 0 saturated carbocycles. The number of carboxylic acid groups (broad SMARTS) is 1. The topological polar surface area (TPSA) is 240 Å². The van der Waals surface area contributed by atoms with E-state index >= 15 is 0 Å². The summed E-state index contributed by atoms with van der Waals surface area (Å²) < 4.78 is 0. The summed E-state index contributed by atoms with van der Waals surface area (Å²) in [6, 6.07) is -5.03. The van der Waals surface area contributed by atoms with Crippen molar-refractivity contribution in [1.29, 1.82) is 0 Å². The lowest BCUT2D eigenvalue weighted by Crippen LogP contribution is -2.59. The Kier molecular flexibility index (Phi) is 13.1. The van der Waals surface area contributed by atoms with E-state index in [4.69, 9.17) is 17.2 Å². The molecule has 0 rings (SSSR count). The zero-order valence-corrected chi connectivity index (χ0v) is 18.7. The highest BCUT2D eigenvalue weighted by atomic mass is 16.4. The van der Waals surface area contributed by atoms with E-state index in [1.165, 1.54) is 6.92 Å². The van der Waals surface area contributed by atoms with Gasteiger partial charge >= 0.3 is 5.97 Å². The van der Waals surface area contributed by atoms with Crippen LogP contribution in [0.3, 0.4) is 0 Å². The summed E-state index contributed by atoms with van der Waals surface area (Å²) in [5.41, 5.74) is 16.1. The number of unbranched alkanes of at least 4 members (excludes halogenated alkanes) is 1. The zero-order valence-electron chi connectivity index (χ0n) is 18.7. The molecule has 13 nitrogen and oxygen atoms in total. The number of aliphatic hydroxyl groups excluding tert-OH is 1. The molecule has 4 amide bonds. The quantitative estimate of drug-likeness (QED) is 0.115. The van der Waals surface area contributed by atoms with Crippen molar-refractivity contribution in [1.82, 2.24) is 16.0 Å². The van der Waals surface area contributed by atoms with Crippen LogP contribution < -0.4 is 33.2 Å². The molecule has 0 aliphatic rings. The fourth-order valence-corrected chi connectivity index (χ4v) is 2.70. The molecule has 5 unspecified atom stereocenters. The maximum Gasteiger partial charge on any atom is 0.326 e. The molecule has 0 fully saturated rings. The van der Waals surface area contributed by atoms with Gasteiger partial charge in [-0.05, 0) is 38.6 Å². The van der Waals surface area contributed by atoms with Crippen molar-refractivity contribution in [2.45, 2.75) is 76.7 Å². The number of rotatable bonds is 15. The highest BCUT2D eigenvalue weighted by Crippen LogP contribution is 2.07. The number of carboxylic acids is 1. The van der Waals surface area contributed by atoms with Gasteiger partial charge in [0.05, 0.1) is 12.5 Å². The van der Waals surface area contributed by atoms with Crippen LogP contribution in [0, 0.1) is 5.92 Å². The average molecular weight is 461 g/mol. The number of carbonyl (C=O) groups excluding carboxylic acids is 4. The second-order valence-electron chi connectivity index (χ2n) is 7.91. The summed E-state index contributed by atoms with van der Waals surface area (Å²) in [7, 11) is 0. The van der Waals surface area contributed by atoms with Crippen LogP contribution in [-0.2, 0) is 24.0 Å². The Labute approximate surface area is 186 Å². The van der Waals surface area contributed by atoms with Crippen LogP contribution >= 0.6 is 0 Å². The second kappa shape index (κ2) is 14.3. The Morgan fingerprint density at radius 2 is 1.44 bits per heavy atom. The first-order valence-electron chi connectivity index (χ1n) is 10.4. The molecular formula is C19H36N6O7. The van der Waals surface area contributed by atoms with Crippen molar-refractivity contribution in [2.24, 2.45) is 23.1 Å². The van der Waals surface area contributed by atoms with Gasteiger partial charge in [0.15, 0.2) is 0 Å². The zero-order chi connectivity index (χ0) is 25.0. The fraction of sp³-hybridized carbons (Fsp3) is 0.737. The molecule has 0 bridgehead atoms. The van der Waals surface area contributed by atoms with E-state index in [2.05, 4.69) is 16.0 Å². The monoisotopic (exact) mass is 460 g/mol. The SMILES string of the molecule is CC(C)C(NC(=O)C(CCCCN)NC(=O)C(N)C(C)O)C(=O)NC(CC(N)=O)C(=O)O. The minimum atomic E-state index is -1.55. The van der Waals surface area contributed by atoms with E-state index in [9.17, 15) is 34.2 Å². The summed E-state index contributed by atoms with van der Waals surface area (Å²) in [6.07, 6.45) is -0.474. The van der Waals surface area contributed by atoms with Crippen molar-refractivity contribution in [2.75, 3.05) is 6.54 Å². The Hall–Kier alpha value is -2.77. The van der Waals surface area contributed by atoms with Gasteiger partial charge in [-0.15, -0.1) is 0 Å². The molecule has 0 aliphatic carbocycles. The van der Waals surface area contributed by atoms with Crippen molar-refractivity contribution in [3.63, 3.8) is 0 Å². The van der Waals surface area contributed by atoms with Crippen LogP contribution in [0.2, 0.25) is 0 Å². The van der Waals surface area contributed by atoms with Crippen LogP contribution in [0.5, 0.6) is 0 Å². The van der Waals surface area contributed by atoms with E-state index < -0.39 is 72.2 Å². The van der Waals surface area contributed by atoms with Gasteiger partial charge in [0, 0.05) is 0 Å². The summed E-state index contributed by atoms with van der Waals surface area (Å²) in [5, 5.41) is 25.8. The second-order valence-corrected chi connectivity index (χ2v) is 7.91. The largest absolute Gasteiger partial charge is 0.480 e. The van der Waals surface area contributed by atoms with E-state index in [1.54, 1.807) is 13.8 Å². The van der Waals surface area contributed by atoms with Crippen LogP contribution in [0.15, 0.2) is 0 Å². The lowest BCUT2D eigenvalue weighted by Gasteiger charge is -2.27. The Bertz CT molecular complexity index is 671. The van der Waals surface area contributed by atoms with Gasteiger partial charge in [-0.2, -0.15) is 0 Å². The smallest absolute Gasteiger partial charge is 0.326 e. The number of aliphatic carboxylic acids is 1. The van der Waals surface area contributed by atoms with Crippen LogP contribution in [0.1, 0.15) is 46.5 Å². The van der Waals surface area contributed by atoms with Gasteiger partial charge in [0.2, 0.25) is 23.6 Å². The third kappa shape index (κ3) is 10.5. The summed E-state index contributed by atoms with van der Waals surface area (Å²) in [5.74, 6) is -5.09. The van der Waals surface area contributed by atoms with Crippen LogP contribution in [-0.4, -0.2) is 76.6 Å². The summed E-state index contributed by atoms with van der Waals surface area (Å²) in [6.45, 7) is 4.96. The molecule has 32 heavy (non-hydrogen) atoms. The molecule has 184 valence electrons. The number of nitrogens with two attached hydrogens (primary N) is 3. The third-order valence-electron chi connectivity index (χ3n) is 4.67. The van der Waals surface area contributed by atoms with Crippen LogP contribution in [0.4, 0.5) is 0 Å². The standard InChI is InChI=1S/C19H36N6O7/c1-9(2)15(18(30)24-12(19(31)32)8-13(21)27)25-16(28)11(6-4-5-7-20)23-17(29)14(22)10(3)26/h9-12,14-15,26H,4-8,20,22H2,1-3H3,(H2,21,27)(H,23,29)(H,24,30)(H,25,28)(H,31,32). The number of hydrogen-bond acceptors (Lipinski definition) is 8. The molecule has 0 radical (unpaired) electrons. The molecule has 0 aromatic heterocycles. The van der Waals surface area contributed by atoms with Gasteiger partial charge in [0.1, 0.15) is 24.2 Å². The number of hydrogen-bond donors (Lipinski definition) is 8. The molecule has 0 saturated heterocycles. The molecule has 0 spiro atoms. The average Bonchev–Trinajstić information content (AvgIpc) is 2.68. The summed E-state index contributed by atoms with van der Waals surface area (Å²) in [4.78, 5) is 60.0. The normalized spacial score (nSPS) is 15.7. The number of primary amides is 1. The molecule has 0 aliphatic heterocycles. The first kappa shape index (κ1) is 29.2. The number of aliphatic hydroxyl groups is 1. The molecule has 5 atom stereocenters. The Balaban J connectivity index is 5.44. The first-order valence-corrected chi connectivity index (χ1v) is 10.4. The molecule has 0 heterocycles. The van der Waals surface area contributed by atoms with Gasteiger partial charge in [-0.25, -0.2) is 4.79 Å². The van der Waals surface area contributed by atoms with Gasteiger partial charge in [-0.1, -0.05) is 13.8 Å². The van der Waals surface area contributed by atoms with Crippen molar-refractivity contribution < 1.29 is 34.2 Å². The van der Waals surface area contributed by atoms with E-state index in [0.29, 0.717) is 19.4 Å². The van der Waals surface area contributed by atoms with Crippen molar-refractivity contribution in [3.05, 3.63) is 0 Å². The molecular weight excluding hydrogens is 424 g/mol. The lowest BCUT2D eigenvalue weighted by molar-refractivity contribution is -0.144. The van der Waals surface area contributed by atoms with E-state index in [1.807, 2.05) is 0 Å². The maximum atomic E-state index is 12.9. The van der Waals surface area contributed by atoms with Crippen molar-refractivity contribution in [3.8, 4) is 0 Å². The van der Waals surface area contributed by atoms with Crippen LogP contribution in [0.25, 0.3) is 0 Å².